The first kappa shape index (κ1) is 12.8. The van der Waals surface area contributed by atoms with Gasteiger partial charge in [0.2, 0.25) is 0 Å². The van der Waals surface area contributed by atoms with Crippen molar-refractivity contribution >= 4 is 11.6 Å². The molecule has 17 heavy (non-hydrogen) atoms. The number of rotatable bonds is 4. The van der Waals surface area contributed by atoms with Crippen molar-refractivity contribution in [3.05, 3.63) is 34.9 Å². The Morgan fingerprint density at radius 2 is 1.88 bits per heavy atom. The molecule has 2 N–H and O–H groups in total. The number of benzene rings is 1. The van der Waals surface area contributed by atoms with Crippen molar-refractivity contribution < 1.29 is 4.74 Å². The summed E-state index contributed by atoms with van der Waals surface area (Å²) >= 11 is 5.88. The lowest BCUT2D eigenvalue weighted by atomic mass is 10.0. The van der Waals surface area contributed by atoms with Crippen molar-refractivity contribution in [1.82, 2.24) is 4.90 Å². The lowest BCUT2D eigenvalue weighted by molar-refractivity contribution is 0.0184. The average Bonchev–Trinajstić information content (AvgIpc) is 2.39. The van der Waals surface area contributed by atoms with Gasteiger partial charge in [-0.05, 0) is 24.1 Å². The molecule has 0 radical (unpaired) electrons. The molecule has 0 bridgehead atoms. The Kier molecular flexibility index (Phi) is 4.80. The Hall–Kier alpha value is -0.610. The zero-order valence-corrected chi connectivity index (χ0v) is 10.7. The lowest BCUT2D eigenvalue weighted by Gasteiger charge is -2.33. The minimum Gasteiger partial charge on any atom is -0.379 e. The van der Waals surface area contributed by atoms with Crippen LogP contribution >= 0.6 is 11.6 Å². The normalized spacial score (nSPS) is 19.2. The van der Waals surface area contributed by atoms with Gasteiger partial charge < -0.3 is 10.5 Å². The lowest BCUT2D eigenvalue weighted by Crippen LogP contribution is -2.47. The fourth-order valence-electron chi connectivity index (χ4n) is 2.20. The zero-order chi connectivity index (χ0) is 12.1. The van der Waals surface area contributed by atoms with Gasteiger partial charge in [0.1, 0.15) is 0 Å². The second-order valence-corrected chi connectivity index (χ2v) is 4.80. The monoisotopic (exact) mass is 254 g/mol. The topological polar surface area (TPSA) is 38.5 Å². The van der Waals surface area contributed by atoms with Crippen LogP contribution in [-0.2, 0) is 11.2 Å². The van der Waals surface area contributed by atoms with Crippen molar-refractivity contribution in [2.24, 2.45) is 5.73 Å². The fraction of sp³-hybridized carbons (Fsp3) is 0.538. The molecule has 1 heterocycles. The van der Waals surface area contributed by atoms with Gasteiger partial charge in [-0.2, -0.15) is 0 Å². The van der Waals surface area contributed by atoms with Gasteiger partial charge in [0.15, 0.2) is 0 Å². The van der Waals surface area contributed by atoms with E-state index in [2.05, 4.69) is 17.0 Å². The van der Waals surface area contributed by atoms with Crippen molar-refractivity contribution in [1.29, 1.82) is 0 Å². The van der Waals surface area contributed by atoms with E-state index in [9.17, 15) is 0 Å². The van der Waals surface area contributed by atoms with Gasteiger partial charge in [0, 0.05) is 30.7 Å². The summed E-state index contributed by atoms with van der Waals surface area (Å²) in [6, 6.07) is 8.42. The van der Waals surface area contributed by atoms with E-state index in [0.29, 0.717) is 12.6 Å². The molecule has 1 aromatic rings. The highest BCUT2D eigenvalue weighted by Gasteiger charge is 2.19. The molecule has 1 fully saturated rings. The van der Waals surface area contributed by atoms with Gasteiger partial charge in [-0.3, -0.25) is 4.90 Å². The second-order valence-electron chi connectivity index (χ2n) is 4.37. The molecule has 0 aliphatic carbocycles. The second kappa shape index (κ2) is 6.36. The molecule has 1 unspecified atom stereocenters. The van der Waals surface area contributed by atoms with E-state index in [-0.39, 0.29) is 0 Å². The number of hydrogen-bond donors (Lipinski definition) is 1. The summed E-state index contributed by atoms with van der Waals surface area (Å²) in [7, 11) is 0. The summed E-state index contributed by atoms with van der Waals surface area (Å²) in [5.41, 5.74) is 7.16. The van der Waals surface area contributed by atoms with Crippen LogP contribution in [0.2, 0.25) is 5.02 Å². The predicted molar refractivity (Wildman–Crippen MR) is 70.4 cm³/mol. The SMILES string of the molecule is NCC(Cc1ccc(Cl)cc1)N1CCOCC1. The van der Waals surface area contributed by atoms with E-state index in [4.69, 9.17) is 22.1 Å². The number of nitrogens with zero attached hydrogens (tertiary/aromatic N) is 1. The van der Waals surface area contributed by atoms with Crippen LogP contribution in [0.25, 0.3) is 0 Å². The summed E-state index contributed by atoms with van der Waals surface area (Å²) in [5, 5.41) is 0.782. The Morgan fingerprint density at radius 3 is 2.47 bits per heavy atom. The maximum absolute atomic E-state index is 5.88. The van der Waals surface area contributed by atoms with Gasteiger partial charge in [0.25, 0.3) is 0 Å². The Balaban J connectivity index is 1.96. The highest BCUT2D eigenvalue weighted by molar-refractivity contribution is 6.30. The van der Waals surface area contributed by atoms with Crippen molar-refractivity contribution in [2.45, 2.75) is 12.5 Å². The quantitative estimate of drug-likeness (QED) is 0.886. The number of ether oxygens (including phenoxy) is 1. The third-order valence-corrected chi connectivity index (χ3v) is 3.47. The molecule has 3 nitrogen and oxygen atoms in total. The van der Waals surface area contributed by atoms with E-state index >= 15 is 0 Å². The van der Waals surface area contributed by atoms with Crippen molar-refractivity contribution in [3.63, 3.8) is 0 Å². The Labute approximate surface area is 107 Å². The molecule has 0 spiro atoms. The fourth-order valence-corrected chi connectivity index (χ4v) is 2.32. The van der Waals surface area contributed by atoms with Crippen LogP contribution in [0.4, 0.5) is 0 Å². The summed E-state index contributed by atoms with van der Waals surface area (Å²) in [5.74, 6) is 0. The highest BCUT2D eigenvalue weighted by atomic mass is 35.5. The average molecular weight is 255 g/mol. The minimum absolute atomic E-state index is 0.403. The first-order valence-corrected chi connectivity index (χ1v) is 6.43. The molecule has 1 atom stereocenters. The van der Waals surface area contributed by atoms with Gasteiger partial charge in [0.05, 0.1) is 13.2 Å². The van der Waals surface area contributed by atoms with E-state index < -0.39 is 0 Å². The van der Waals surface area contributed by atoms with Gasteiger partial charge in [-0.15, -0.1) is 0 Å². The van der Waals surface area contributed by atoms with Gasteiger partial charge in [-0.25, -0.2) is 0 Å². The number of halogens is 1. The van der Waals surface area contributed by atoms with Crippen LogP contribution in [0.15, 0.2) is 24.3 Å². The first-order valence-electron chi connectivity index (χ1n) is 6.06. The Morgan fingerprint density at radius 1 is 1.24 bits per heavy atom. The summed E-state index contributed by atoms with van der Waals surface area (Å²) in [6.07, 6.45) is 0.980. The summed E-state index contributed by atoms with van der Waals surface area (Å²) in [6.45, 7) is 4.28. The third-order valence-electron chi connectivity index (χ3n) is 3.22. The maximum Gasteiger partial charge on any atom is 0.0594 e. The van der Waals surface area contributed by atoms with E-state index in [1.165, 1.54) is 5.56 Å². The van der Waals surface area contributed by atoms with Gasteiger partial charge in [-0.1, -0.05) is 23.7 Å². The summed E-state index contributed by atoms with van der Waals surface area (Å²) in [4.78, 5) is 2.41. The molecule has 4 heteroatoms. The first-order chi connectivity index (χ1) is 8.29. The van der Waals surface area contributed by atoms with E-state index in [1.807, 2.05) is 12.1 Å². The molecule has 0 amide bonds. The van der Waals surface area contributed by atoms with Crippen LogP contribution in [0, 0.1) is 0 Å². The molecular formula is C13H19ClN2O. The molecule has 0 saturated carbocycles. The standard InChI is InChI=1S/C13H19ClN2O/c14-12-3-1-11(2-4-12)9-13(10-15)16-5-7-17-8-6-16/h1-4,13H,5-10,15H2. The van der Waals surface area contributed by atoms with Crippen LogP contribution < -0.4 is 5.73 Å². The Bertz CT molecular complexity index is 336. The molecule has 2 rings (SSSR count). The van der Waals surface area contributed by atoms with Crippen LogP contribution in [0.1, 0.15) is 5.56 Å². The molecular weight excluding hydrogens is 236 g/mol. The van der Waals surface area contributed by atoms with Crippen LogP contribution in [0.3, 0.4) is 0 Å². The third kappa shape index (κ3) is 3.68. The summed E-state index contributed by atoms with van der Waals surface area (Å²) < 4.78 is 5.36. The van der Waals surface area contributed by atoms with E-state index in [1.54, 1.807) is 0 Å². The molecule has 1 saturated heterocycles. The number of morpholine rings is 1. The largest absolute Gasteiger partial charge is 0.379 e. The zero-order valence-electron chi connectivity index (χ0n) is 9.94. The number of nitrogens with two attached hydrogens (primary N) is 1. The van der Waals surface area contributed by atoms with Crippen LogP contribution in [0.5, 0.6) is 0 Å². The van der Waals surface area contributed by atoms with Crippen LogP contribution in [-0.4, -0.2) is 43.8 Å². The predicted octanol–water partition coefficient (Wildman–Crippen LogP) is 1.54. The van der Waals surface area contributed by atoms with Crippen molar-refractivity contribution in [2.75, 3.05) is 32.8 Å². The minimum atomic E-state index is 0.403. The smallest absolute Gasteiger partial charge is 0.0594 e. The van der Waals surface area contributed by atoms with Gasteiger partial charge >= 0.3 is 0 Å². The number of hydrogen-bond acceptors (Lipinski definition) is 3. The highest BCUT2D eigenvalue weighted by Crippen LogP contribution is 2.14. The molecule has 1 aliphatic rings. The van der Waals surface area contributed by atoms with E-state index in [0.717, 1.165) is 37.7 Å². The molecule has 0 aromatic heterocycles. The maximum atomic E-state index is 5.88. The van der Waals surface area contributed by atoms with Crippen molar-refractivity contribution in [3.8, 4) is 0 Å². The molecule has 1 aliphatic heterocycles. The molecule has 94 valence electrons. The molecule has 1 aromatic carbocycles.